The standard InChI is InChI=1S/C12H20BrN3O2/c1-7(2)14-10(12(17)18-5)6-16-9(4)11(13)8(3)15-16/h7,10,14H,6H2,1-5H3. The van der Waals surface area contributed by atoms with Gasteiger partial charge in [-0.05, 0) is 29.8 Å². The number of nitrogens with zero attached hydrogens (tertiary/aromatic N) is 2. The van der Waals surface area contributed by atoms with E-state index in [0.29, 0.717) is 6.54 Å². The monoisotopic (exact) mass is 317 g/mol. The average molecular weight is 318 g/mol. The van der Waals surface area contributed by atoms with Crippen molar-refractivity contribution in [1.29, 1.82) is 0 Å². The van der Waals surface area contributed by atoms with E-state index in [1.807, 2.05) is 32.4 Å². The number of halogens is 1. The van der Waals surface area contributed by atoms with E-state index in [0.717, 1.165) is 15.9 Å². The molecule has 5 nitrogen and oxygen atoms in total. The highest BCUT2D eigenvalue weighted by Crippen LogP contribution is 2.20. The van der Waals surface area contributed by atoms with Crippen molar-refractivity contribution in [2.45, 2.75) is 46.3 Å². The van der Waals surface area contributed by atoms with Crippen molar-refractivity contribution in [3.63, 3.8) is 0 Å². The molecule has 1 rings (SSSR count). The Balaban J connectivity index is 2.88. The first kappa shape index (κ1) is 15.2. The summed E-state index contributed by atoms with van der Waals surface area (Å²) in [7, 11) is 1.40. The Morgan fingerprint density at radius 1 is 1.50 bits per heavy atom. The Hall–Kier alpha value is -0.880. The average Bonchev–Trinajstić information content (AvgIpc) is 2.54. The van der Waals surface area contributed by atoms with Gasteiger partial charge in [0.15, 0.2) is 0 Å². The Kier molecular flexibility index (Phi) is 5.34. The maximum Gasteiger partial charge on any atom is 0.324 e. The third-order valence-electron chi connectivity index (χ3n) is 2.67. The van der Waals surface area contributed by atoms with Crippen molar-refractivity contribution in [1.82, 2.24) is 15.1 Å². The molecule has 18 heavy (non-hydrogen) atoms. The minimum absolute atomic E-state index is 0.203. The number of carbonyl (C=O) groups is 1. The zero-order valence-electron chi connectivity index (χ0n) is 11.5. The number of methoxy groups -OCH3 is 1. The van der Waals surface area contributed by atoms with Crippen LogP contribution in [0.2, 0.25) is 0 Å². The minimum atomic E-state index is -0.389. The van der Waals surface area contributed by atoms with Crippen LogP contribution in [0.1, 0.15) is 25.2 Å². The van der Waals surface area contributed by atoms with Gasteiger partial charge in [0.1, 0.15) is 6.04 Å². The molecule has 0 saturated heterocycles. The van der Waals surface area contributed by atoms with Crippen molar-refractivity contribution >= 4 is 21.9 Å². The van der Waals surface area contributed by atoms with E-state index in [2.05, 4.69) is 26.3 Å². The van der Waals surface area contributed by atoms with Gasteiger partial charge in [-0.2, -0.15) is 5.10 Å². The largest absolute Gasteiger partial charge is 0.468 e. The van der Waals surface area contributed by atoms with Gasteiger partial charge in [-0.3, -0.25) is 9.48 Å². The van der Waals surface area contributed by atoms with Gasteiger partial charge in [0, 0.05) is 11.7 Å². The number of aromatic nitrogens is 2. The Labute approximate surface area is 116 Å². The maximum absolute atomic E-state index is 11.7. The van der Waals surface area contributed by atoms with Crippen LogP contribution in [-0.2, 0) is 16.1 Å². The van der Waals surface area contributed by atoms with Gasteiger partial charge >= 0.3 is 5.97 Å². The summed E-state index contributed by atoms with van der Waals surface area (Å²) in [5.41, 5.74) is 1.92. The van der Waals surface area contributed by atoms with Gasteiger partial charge in [0.25, 0.3) is 0 Å². The van der Waals surface area contributed by atoms with Crippen molar-refractivity contribution in [2.24, 2.45) is 0 Å². The van der Waals surface area contributed by atoms with Crippen molar-refractivity contribution in [2.75, 3.05) is 7.11 Å². The number of esters is 1. The topological polar surface area (TPSA) is 56.2 Å². The van der Waals surface area contributed by atoms with E-state index >= 15 is 0 Å². The van der Waals surface area contributed by atoms with E-state index in [1.165, 1.54) is 7.11 Å². The molecule has 1 aromatic heterocycles. The number of rotatable bonds is 5. The fourth-order valence-electron chi connectivity index (χ4n) is 1.77. The van der Waals surface area contributed by atoms with Gasteiger partial charge < -0.3 is 10.1 Å². The number of nitrogens with one attached hydrogen (secondary N) is 1. The van der Waals surface area contributed by atoms with E-state index in [-0.39, 0.29) is 18.1 Å². The van der Waals surface area contributed by atoms with Crippen LogP contribution in [-0.4, -0.2) is 34.9 Å². The van der Waals surface area contributed by atoms with Gasteiger partial charge in [0.2, 0.25) is 0 Å². The Bertz CT molecular complexity index is 429. The molecular weight excluding hydrogens is 298 g/mol. The molecule has 0 aliphatic rings. The van der Waals surface area contributed by atoms with Crippen molar-refractivity contribution < 1.29 is 9.53 Å². The first-order valence-corrected chi connectivity index (χ1v) is 6.69. The van der Waals surface area contributed by atoms with Gasteiger partial charge in [-0.25, -0.2) is 0 Å². The highest BCUT2D eigenvalue weighted by molar-refractivity contribution is 9.10. The second-order valence-electron chi connectivity index (χ2n) is 4.56. The number of ether oxygens (including phenoxy) is 1. The second-order valence-corrected chi connectivity index (χ2v) is 5.36. The highest BCUT2D eigenvalue weighted by atomic mass is 79.9. The normalized spacial score (nSPS) is 12.8. The predicted molar refractivity (Wildman–Crippen MR) is 73.5 cm³/mol. The smallest absolute Gasteiger partial charge is 0.324 e. The molecule has 1 aromatic rings. The van der Waals surface area contributed by atoms with Crippen LogP contribution < -0.4 is 5.32 Å². The van der Waals surface area contributed by atoms with E-state index in [9.17, 15) is 4.79 Å². The van der Waals surface area contributed by atoms with Crippen LogP contribution >= 0.6 is 15.9 Å². The molecule has 0 radical (unpaired) electrons. The number of aryl methyl sites for hydroxylation is 1. The zero-order valence-corrected chi connectivity index (χ0v) is 13.0. The molecule has 1 atom stereocenters. The predicted octanol–water partition coefficient (Wildman–Crippen LogP) is 1.80. The lowest BCUT2D eigenvalue weighted by molar-refractivity contribution is -0.143. The minimum Gasteiger partial charge on any atom is -0.468 e. The molecule has 1 unspecified atom stereocenters. The van der Waals surface area contributed by atoms with Gasteiger partial charge in [0.05, 0.1) is 23.8 Å². The van der Waals surface area contributed by atoms with E-state index in [1.54, 1.807) is 0 Å². The molecule has 0 bridgehead atoms. The quantitative estimate of drug-likeness (QED) is 0.841. The summed E-state index contributed by atoms with van der Waals surface area (Å²) in [4.78, 5) is 11.7. The first-order chi connectivity index (χ1) is 8.36. The van der Waals surface area contributed by atoms with Crippen molar-refractivity contribution in [3.05, 3.63) is 15.9 Å². The lowest BCUT2D eigenvalue weighted by Crippen LogP contribution is -2.44. The van der Waals surface area contributed by atoms with Crippen LogP contribution in [0.4, 0.5) is 0 Å². The summed E-state index contributed by atoms with van der Waals surface area (Å²) in [5.74, 6) is -0.271. The third-order valence-corrected chi connectivity index (χ3v) is 3.82. The number of hydrogen-bond donors (Lipinski definition) is 1. The van der Waals surface area contributed by atoms with Gasteiger partial charge in [-0.1, -0.05) is 13.8 Å². The zero-order chi connectivity index (χ0) is 13.9. The Morgan fingerprint density at radius 3 is 2.50 bits per heavy atom. The lowest BCUT2D eigenvalue weighted by Gasteiger charge is -2.19. The van der Waals surface area contributed by atoms with Crippen LogP contribution in [0, 0.1) is 13.8 Å². The molecule has 1 N–H and O–H groups in total. The molecule has 0 fully saturated rings. The summed E-state index contributed by atoms with van der Waals surface area (Å²) in [5, 5.41) is 7.58. The third kappa shape index (κ3) is 3.55. The van der Waals surface area contributed by atoms with Gasteiger partial charge in [-0.15, -0.1) is 0 Å². The first-order valence-electron chi connectivity index (χ1n) is 5.90. The molecule has 0 aliphatic carbocycles. The van der Waals surface area contributed by atoms with Crippen LogP contribution in [0.25, 0.3) is 0 Å². The highest BCUT2D eigenvalue weighted by Gasteiger charge is 2.22. The van der Waals surface area contributed by atoms with Crippen LogP contribution in [0.3, 0.4) is 0 Å². The Morgan fingerprint density at radius 2 is 2.11 bits per heavy atom. The van der Waals surface area contributed by atoms with E-state index < -0.39 is 0 Å². The molecule has 0 spiro atoms. The SMILES string of the molecule is COC(=O)C(Cn1nc(C)c(Br)c1C)NC(C)C. The second kappa shape index (κ2) is 6.33. The molecule has 6 heteroatoms. The molecule has 0 amide bonds. The molecular formula is C12H20BrN3O2. The number of carbonyl (C=O) groups excluding carboxylic acids is 1. The summed E-state index contributed by atoms with van der Waals surface area (Å²) in [6.07, 6.45) is 0. The van der Waals surface area contributed by atoms with E-state index in [4.69, 9.17) is 4.74 Å². The fraction of sp³-hybridized carbons (Fsp3) is 0.667. The van der Waals surface area contributed by atoms with Crippen LogP contribution in [0.15, 0.2) is 4.47 Å². The molecule has 0 aliphatic heterocycles. The summed E-state index contributed by atoms with van der Waals surface area (Å²) in [6.45, 7) is 8.34. The summed E-state index contributed by atoms with van der Waals surface area (Å²) >= 11 is 3.47. The number of hydrogen-bond acceptors (Lipinski definition) is 4. The fourth-order valence-corrected chi connectivity index (χ4v) is 2.05. The molecule has 1 heterocycles. The van der Waals surface area contributed by atoms with Crippen LogP contribution in [0.5, 0.6) is 0 Å². The molecule has 0 saturated carbocycles. The van der Waals surface area contributed by atoms with Crippen molar-refractivity contribution in [3.8, 4) is 0 Å². The molecule has 102 valence electrons. The maximum atomic E-state index is 11.7. The molecule has 0 aromatic carbocycles. The lowest BCUT2D eigenvalue weighted by atomic mass is 10.2. The summed E-state index contributed by atoms with van der Waals surface area (Å²) in [6, 6.07) is -0.186. The summed E-state index contributed by atoms with van der Waals surface area (Å²) < 4.78 is 7.61.